The van der Waals surface area contributed by atoms with Gasteiger partial charge in [0.1, 0.15) is 11.4 Å². The number of aromatic nitrogens is 7. The molecule has 11 nitrogen and oxygen atoms in total. The lowest BCUT2D eigenvalue weighted by atomic mass is 10.1. The van der Waals surface area contributed by atoms with Gasteiger partial charge in [-0.2, -0.15) is 5.10 Å². The average Bonchev–Trinajstić information content (AvgIpc) is 3.53. The van der Waals surface area contributed by atoms with E-state index in [9.17, 15) is 9.59 Å². The molecular weight excluding hydrogens is 518 g/mol. The van der Waals surface area contributed by atoms with Crippen molar-refractivity contribution < 1.29 is 4.79 Å². The molecule has 4 aromatic heterocycles. The molecular formula is C30H25N9O2. The van der Waals surface area contributed by atoms with Crippen LogP contribution in [0, 0.1) is 18.8 Å². The van der Waals surface area contributed by atoms with E-state index in [0.717, 1.165) is 11.1 Å². The molecule has 3 N–H and O–H groups in total. The highest BCUT2D eigenvalue weighted by molar-refractivity contribution is 6.04. The number of benzene rings is 2. The molecule has 6 rings (SSSR count). The Hall–Kier alpha value is -5.76. The number of hydrogen-bond acceptors (Lipinski definition) is 7. The van der Waals surface area contributed by atoms with E-state index in [0.29, 0.717) is 33.6 Å². The van der Waals surface area contributed by atoms with Crippen molar-refractivity contribution in [3.05, 3.63) is 112 Å². The van der Waals surface area contributed by atoms with Gasteiger partial charge in [0, 0.05) is 31.2 Å². The first-order valence-corrected chi connectivity index (χ1v) is 12.8. The summed E-state index contributed by atoms with van der Waals surface area (Å²) in [5.74, 6) is 6.12. The van der Waals surface area contributed by atoms with Crippen molar-refractivity contribution in [2.75, 3.05) is 5.73 Å². The van der Waals surface area contributed by atoms with Crippen LogP contribution >= 0.6 is 0 Å². The normalized spacial score (nSPS) is 11.8. The molecule has 202 valence electrons. The summed E-state index contributed by atoms with van der Waals surface area (Å²) in [6.45, 7) is 3.68. The summed E-state index contributed by atoms with van der Waals surface area (Å²) in [5.41, 5.74) is 9.50. The molecule has 0 bridgehead atoms. The number of hydrogen-bond donors (Lipinski definition) is 2. The molecule has 0 saturated carbocycles. The van der Waals surface area contributed by atoms with Crippen LogP contribution in [0.4, 0.5) is 5.82 Å². The van der Waals surface area contributed by atoms with Gasteiger partial charge in [0.05, 0.1) is 34.4 Å². The minimum Gasteiger partial charge on any atom is -0.381 e. The lowest BCUT2D eigenvalue weighted by Gasteiger charge is -2.21. The van der Waals surface area contributed by atoms with Gasteiger partial charge >= 0.3 is 0 Å². The fourth-order valence-electron chi connectivity index (χ4n) is 4.77. The van der Waals surface area contributed by atoms with Crippen LogP contribution in [0.1, 0.15) is 45.8 Å². The Morgan fingerprint density at radius 2 is 1.93 bits per heavy atom. The number of para-hydroxylation sites is 1. The minimum atomic E-state index is -0.692. The van der Waals surface area contributed by atoms with Crippen LogP contribution in [-0.4, -0.2) is 39.8 Å². The molecule has 1 atom stereocenters. The third-order valence-corrected chi connectivity index (χ3v) is 6.71. The second-order valence-electron chi connectivity index (χ2n) is 9.59. The Morgan fingerprint density at radius 3 is 2.71 bits per heavy atom. The predicted molar refractivity (Wildman–Crippen MR) is 155 cm³/mol. The molecule has 41 heavy (non-hydrogen) atoms. The zero-order valence-electron chi connectivity index (χ0n) is 22.5. The van der Waals surface area contributed by atoms with Crippen molar-refractivity contribution >= 4 is 28.3 Å². The van der Waals surface area contributed by atoms with Crippen LogP contribution in [0.5, 0.6) is 0 Å². The monoisotopic (exact) mass is 543 g/mol. The topological polar surface area (TPSA) is 138 Å². The van der Waals surface area contributed by atoms with Gasteiger partial charge in [-0.05, 0) is 43.7 Å². The quantitative estimate of drug-likeness (QED) is 0.326. The summed E-state index contributed by atoms with van der Waals surface area (Å²) in [7, 11) is 1.82. The zero-order valence-corrected chi connectivity index (χ0v) is 22.5. The van der Waals surface area contributed by atoms with Crippen molar-refractivity contribution in [1.29, 1.82) is 0 Å². The molecule has 2 aromatic carbocycles. The number of rotatable bonds is 4. The van der Waals surface area contributed by atoms with Gasteiger partial charge in [0.25, 0.3) is 11.5 Å². The number of nitrogens with two attached hydrogens (primary N) is 1. The number of carbonyl (C=O) groups is 1. The fraction of sp³-hybridized carbons (Fsp3) is 0.133. The standard InChI is InChI=1S/C30H25N9O2/c1-18-8-4-5-11-23(18)39-27(19(2)34-29(40)25-26(31)36-38-15-7-14-32-28(25)38)35-22-10-6-9-21(24(22)30(39)41)13-12-20-16-33-37(3)17-20/h4-11,14-17,19H,1-3H3,(H2,31,36)(H,34,40). The van der Waals surface area contributed by atoms with Gasteiger partial charge in [-0.15, -0.1) is 5.10 Å². The van der Waals surface area contributed by atoms with Gasteiger partial charge in [0.15, 0.2) is 11.5 Å². The van der Waals surface area contributed by atoms with Crippen LogP contribution in [0.25, 0.3) is 22.2 Å². The van der Waals surface area contributed by atoms with Crippen molar-refractivity contribution in [2.24, 2.45) is 7.05 Å². The predicted octanol–water partition coefficient (Wildman–Crippen LogP) is 2.94. The zero-order chi connectivity index (χ0) is 28.7. The van der Waals surface area contributed by atoms with Gasteiger partial charge < -0.3 is 11.1 Å². The average molecular weight is 544 g/mol. The highest BCUT2D eigenvalue weighted by atomic mass is 16.2. The molecule has 0 fully saturated rings. The van der Waals surface area contributed by atoms with Crippen LogP contribution in [0.15, 0.2) is 78.1 Å². The summed E-state index contributed by atoms with van der Waals surface area (Å²) in [5, 5.41) is 11.7. The molecule has 0 aliphatic heterocycles. The Morgan fingerprint density at radius 1 is 1.10 bits per heavy atom. The van der Waals surface area contributed by atoms with Gasteiger partial charge in [0.2, 0.25) is 0 Å². The van der Waals surface area contributed by atoms with E-state index in [2.05, 4.69) is 32.3 Å². The number of aryl methyl sites for hydroxylation is 2. The first-order chi connectivity index (χ1) is 19.8. The van der Waals surface area contributed by atoms with Gasteiger partial charge in [-0.1, -0.05) is 36.1 Å². The highest BCUT2D eigenvalue weighted by Crippen LogP contribution is 2.23. The SMILES string of the molecule is Cc1ccccc1-n1c(C(C)NC(=O)c2c(N)nn3cccnc23)nc2cccc(C#Cc3cnn(C)c3)c2c1=O. The molecule has 0 aliphatic carbocycles. The number of carbonyl (C=O) groups excluding carboxylic acids is 1. The molecule has 0 aliphatic rings. The Balaban J connectivity index is 1.50. The van der Waals surface area contributed by atoms with E-state index in [1.807, 2.05) is 38.2 Å². The molecule has 6 aromatic rings. The smallest absolute Gasteiger partial charge is 0.267 e. The van der Waals surface area contributed by atoms with E-state index in [-0.39, 0.29) is 16.9 Å². The Labute approximate surface area is 234 Å². The van der Waals surface area contributed by atoms with E-state index < -0.39 is 11.9 Å². The summed E-state index contributed by atoms with van der Waals surface area (Å²) < 4.78 is 4.65. The largest absolute Gasteiger partial charge is 0.381 e. The highest BCUT2D eigenvalue weighted by Gasteiger charge is 2.25. The molecule has 0 spiro atoms. The number of nitrogens with zero attached hydrogens (tertiary/aromatic N) is 7. The lowest BCUT2D eigenvalue weighted by Crippen LogP contribution is -2.34. The summed E-state index contributed by atoms with van der Waals surface area (Å²) in [6.07, 6.45) is 6.69. The minimum absolute atomic E-state index is 0.0491. The number of nitrogen functional groups attached to an aromatic ring is 1. The lowest BCUT2D eigenvalue weighted by molar-refractivity contribution is 0.0940. The Kier molecular flexibility index (Phi) is 6.28. The number of amides is 1. The maximum absolute atomic E-state index is 14.3. The maximum atomic E-state index is 14.3. The third kappa shape index (κ3) is 4.57. The summed E-state index contributed by atoms with van der Waals surface area (Å²) >= 11 is 0. The number of fused-ring (bicyclic) bond motifs is 2. The fourth-order valence-corrected chi connectivity index (χ4v) is 4.77. The summed E-state index contributed by atoms with van der Waals surface area (Å²) in [4.78, 5) is 36.9. The second-order valence-corrected chi connectivity index (χ2v) is 9.59. The molecule has 11 heteroatoms. The second kappa shape index (κ2) is 10.1. The van der Waals surface area contributed by atoms with Crippen LogP contribution in [0.2, 0.25) is 0 Å². The van der Waals surface area contributed by atoms with E-state index in [1.54, 1.807) is 60.7 Å². The third-order valence-electron chi connectivity index (χ3n) is 6.71. The van der Waals surface area contributed by atoms with E-state index >= 15 is 0 Å². The first-order valence-electron chi connectivity index (χ1n) is 12.8. The van der Waals surface area contributed by atoms with Gasteiger partial charge in [-0.3, -0.25) is 18.8 Å². The molecule has 0 radical (unpaired) electrons. The molecule has 0 saturated heterocycles. The molecule has 4 heterocycles. The molecule has 1 unspecified atom stereocenters. The van der Waals surface area contributed by atoms with Crippen molar-refractivity contribution in [3.8, 4) is 17.5 Å². The summed E-state index contributed by atoms with van der Waals surface area (Å²) in [6, 6.07) is 13.9. The van der Waals surface area contributed by atoms with Crippen molar-refractivity contribution in [1.82, 2.24) is 39.2 Å². The van der Waals surface area contributed by atoms with Crippen LogP contribution in [0.3, 0.4) is 0 Å². The van der Waals surface area contributed by atoms with E-state index in [4.69, 9.17) is 10.7 Å². The molecule has 1 amide bonds. The Bertz CT molecular complexity index is 2090. The first kappa shape index (κ1) is 25.5. The van der Waals surface area contributed by atoms with Crippen molar-refractivity contribution in [2.45, 2.75) is 19.9 Å². The van der Waals surface area contributed by atoms with Gasteiger partial charge in [-0.25, -0.2) is 14.5 Å². The maximum Gasteiger partial charge on any atom is 0.267 e. The van der Waals surface area contributed by atoms with Crippen LogP contribution in [-0.2, 0) is 7.05 Å². The number of anilines is 1. The van der Waals surface area contributed by atoms with Crippen molar-refractivity contribution in [3.63, 3.8) is 0 Å². The number of nitrogens with one attached hydrogen (secondary N) is 1. The van der Waals surface area contributed by atoms with Crippen LogP contribution < -0.4 is 16.6 Å². The van der Waals surface area contributed by atoms with E-state index in [1.165, 1.54) is 9.08 Å².